The average molecular weight is 708 g/mol. The van der Waals surface area contributed by atoms with E-state index in [0.29, 0.717) is 43.6 Å². The van der Waals surface area contributed by atoms with E-state index in [1.807, 2.05) is 109 Å². The molecule has 52 heavy (non-hydrogen) atoms. The van der Waals surface area contributed by atoms with Gasteiger partial charge in [-0.25, -0.2) is 9.97 Å². The lowest BCUT2D eigenvalue weighted by Gasteiger charge is -2.04. The van der Waals surface area contributed by atoms with Crippen molar-refractivity contribution in [1.82, 2.24) is 14.5 Å². The Labute approximate surface area is 301 Å². The number of ketones is 4. The lowest BCUT2D eigenvalue weighted by Crippen LogP contribution is -2.00. The van der Waals surface area contributed by atoms with Gasteiger partial charge in [0, 0.05) is 29.3 Å². The third-order valence-electron chi connectivity index (χ3n) is 10.3. The summed E-state index contributed by atoms with van der Waals surface area (Å²) in [5.74, 6) is -1.23. The van der Waals surface area contributed by atoms with Crippen molar-refractivity contribution in [2.45, 2.75) is 0 Å². The first kappa shape index (κ1) is 29.3. The van der Waals surface area contributed by atoms with Crippen LogP contribution in [0.4, 0.5) is 0 Å². The third kappa shape index (κ3) is 4.06. The Morgan fingerprint density at radius 2 is 0.769 bits per heavy atom. The van der Waals surface area contributed by atoms with Gasteiger partial charge in [-0.3, -0.25) is 19.2 Å². The molecule has 0 bridgehead atoms. The molecule has 0 N–H and O–H groups in total. The Hall–Kier alpha value is -6.42. The topological polar surface area (TPSA) is 99.0 Å². The van der Waals surface area contributed by atoms with Crippen LogP contribution in [0, 0.1) is 0 Å². The van der Waals surface area contributed by atoms with Gasteiger partial charge in [-0.05, 0) is 104 Å². The summed E-state index contributed by atoms with van der Waals surface area (Å²) in [5.41, 5.74) is 3.17. The van der Waals surface area contributed by atoms with Gasteiger partial charge in [-0.2, -0.15) is 0 Å². The van der Waals surface area contributed by atoms with Gasteiger partial charge in [0.15, 0.2) is 34.4 Å². The molecule has 7 nitrogen and oxygen atoms in total. The van der Waals surface area contributed by atoms with Crippen LogP contribution in [0.1, 0.15) is 51.4 Å². The molecule has 0 atom stereocenters. The van der Waals surface area contributed by atoms with E-state index in [-0.39, 0.29) is 34.3 Å². The summed E-state index contributed by atoms with van der Waals surface area (Å²) in [6, 6.07) is 31.5. The molecule has 3 heterocycles. The van der Waals surface area contributed by atoms with Crippen LogP contribution in [0.5, 0.6) is 0 Å². The van der Waals surface area contributed by atoms with Crippen molar-refractivity contribution in [3.05, 3.63) is 140 Å². The number of hydrogen-bond acceptors (Lipinski definition) is 8. The molecule has 6 aromatic carbocycles. The Kier molecular flexibility index (Phi) is 5.82. The molecule has 0 saturated heterocycles. The van der Waals surface area contributed by atoms with Gasteiger partial charge in [-0.1, -0.05) is 48.5 Å². The van der Waals surface area contributed by atoms with Crippen LogP contribution in [-0.2, 0) is 7.05 Å². The van der Waals surface area contributed by atoms with E-state index >= 15 is 0 Å². The number of Topliss-reactive ketones (excluding diaryl/α,β-unsaturated/α-hetero) is 4. The van der Waals surface area contributed by atoms with Crippen LogP contribution >= 0.6 is 22.7 Å². The molecule has 11 rings (SSSR count). The van der Waals surface area contributed by atoms with Crippen molar-refractivity contribution < 1.29 is 19.2 Å². The molecule has 9 aromatic rings. The minimum absolute atomic E-state index is 0.0958. The highest BCUT2D eigenvalue weighted by Gasteiger charge is 2.35. The van der Waals surface area contributed by atoms with Crippen LogP contribution in [0.2, 0.25) is 0 Å². The number of allylic oxidation sites excluding steroid dienone is 2. The lowest BCUT2D eigenvalue weighted by molar-refractivity contribution is 0.0975. The molecule has 0 amide bonds. The summed E-state index contributed by atoms with van der Waals surface area (Å²) in [6.07, 6.45) is 3.18. The molecule has 0 fully saturated rings. The second-order valence-corrected chi connectivity index (χ2v) is 15.4. The highest BCUT2D eigenvalue weighted by molar-refractivity contribution is 7.27. The highest BCUT2D eigenvalue weighted by Crippen LogP contribution is 2.40. The maximum atomic E-state index is 13.6. The van der Waals surface area contributed by atoms with E-state index in [0.717, 1.165) is 52.5 Å². The van der Waals surface area contributed by atoms with Crippen LogP contribution in [-0.4, -0.2) is 37.7 Å². The lowest BCUT2D eigenvalue weighted by atomic mass is 9.99. The summed E-state index contributed by atoms with van der Waals surface area (Å²) < 4.78 is 3.56. The van der Waals surface area contributed by atoms with Crippen molar-refractivity contribution >= 4 is 122 Å². The number of aryl methyl sites for hydroxylation is 1. The molecular weight excluding hydrogens is 687 g/mol. The van der Waals surface area contributed by atoms with Crippen LogP contribution in [0.3, 0.4) is 0 Å². The fourth-order valence-electron chi connectivity index (χ4n) is 7.66. The van der Waals surface area contributed by atoms with Crippen LogP contribution in [0.25, 0.3) is 75.9 Å². The second-order valence-electron chi connectivity index (χ2n) is 13.3. The van der Waals surface area contributed by atoms with Crippen LogP contribution in [0.15, 0.2) is 108 Å². The maximum absolute atomic E-state index is 13.6. The quantitative estimate of drug-likeness (QED) is 0.101. The summed E-state index contributed by atoms with van der Waals surface area (Å²) in [4.78, 5) is 63.9. The standard InChI is InChI=1S/C43H21N3O4S2/c1-46-42-40(51-34(44-42)18-32-36(47)28-14-24-10-20-6-2-3-7-21(20)11-25(24)15-29(28)37(32)48)41-43(46)45-35(52-41)19-33-38(49)30-16-26-12-22-8-4-5-9-23(22)13-27(26)17-31(30)39(33)50/h2-19H,1H3. The number of fused-ring (bicyclic) bond motifs is 9. The van der Waals surface area contributed by atoms with Crippen molar-refractivity contribution in [2.24, 2.45) is 7.05 Å². The summed E-state index contributed by atoms with van der Waals surface area (Å²) in [7, 11) is 1.85. The van der Waals surface area contributed by atoms with E-state index in [1.54, 1.807) is 12.2 Å². The molecule has 0 unspecified atom stereocenters. The number of benzene rings is 6. The molecule has 0 radical (unpaired) electrons. The number of carbonyl (C=O) groups excluding carboxylic acids is 4. The Balaban J connectivity index is 0.947. The first-order valence-corrected chi connectivity index (χ1v) is 18.2. The van der Waals surface area contributed by atoms with E-state index in [2.05, 4.69) is 0 Å². The monoisotopic (exact) mass is 707 g/mol. The van der Waals surface area contributed by atoms with Gasteiger partial charge in [0.2, 0.25) is 0 Å². The minimum atomic E-state index is -0.306. The van der Waals surface area contributed by atoms with E-state index in [9.17, 15) is 19.2 Å². The SMILES string of the molecule is Cn1c2nc(C=C3C(=O)c4cc5cc6ccccc6cc5cc4C3=O)sc2c2sc(C=C3C(=O)c4cc5cc6ccccc6cc5cc4C3=O)nc21. The fraction of sp³-hybridized carbons (Fsp3) is 0.0233. The Morgan fingerprint density at radius 3 is 1.08 bits per heavy atom. The second kappa shape index (κ2) is 10.3. The van der Waals surface area contributed by atoms with E-state index in [1.165, 1.54) is 22.7 Å². The van der Waals surface area contributed by atoms with Gasteiger partial charge in [0.25, 0.3) is 0 Å². The van der Waals surface area contributed by atoms with Gasteiger partial charge in [0.1, 0.15) is 10.0 Å². The minimum Gasteiger partial charge on any atom is -0.312 e. The normalized spacial score (nSPS) is 14.3. The molecule has 2 aliphatic carbocycles. The zero-order valence-corrected chi connectivity index (χ0v) is 28.8. The van der Waals surface area contributed by atoms with Gasteiger partial charge in [-0.15, -0.1) is 22.7 Å². The van der Waals surface area contributed by atoms with Gasteiger partial charge < -0.3 is 4.57 Å². The Morgan fingerprint density at radius 1 is 0.462 bits per heavy atom. The third-order valence-corrected chi connectivity index (χ3v) is 12.4. The summed E-state index contributed by atoms with van der Waals surface area (Å²) in [5, 5.41) is 8.98. The number of nitrogens with zero attached hydrogens (tertiary/aromatic N) is 3. The predicted octanol–water partition coefficient (Wildman–Crippen LogP) is 9.78. The number of hydrogen-bond donors (Lipinski definition) is 0. The first-order valence-electron chi connectivity index (χ1n) is 16.6. The molecule has 2 aliphatic rings. The molecular formula is C43H21N3O4S2. The van der Waals surface area contributed by atoms with E-state index < -0.39 is 0 Å². The van der Waals surface area contributed by atoms with Crippen molar-refractivity contribution in [2.75, 3.05) is 0 Å². The summed E-state index contributed by atoms with van der Waals surface area (Å²) in [6.45, 7) is 0. The van der Waals surface area contributed by atoms with Crippen molar-refractivity contribution in [3.8, 4) is 0 Å². The van der Waals surface area contributed by atoms with Crippen molar-refractivity contribution in [1.29, 1.82) is 0 Å². The smallest absolute Gasteiger partial charge is 0.197 e. The first-order chi connectivity index (χ1) is 25.3. The van der Waals surface area contributed by atoms with E-state index in [4.69, 9.17) is 9.97 Å². The molecule has 0 aliphatic heterocycles. The number of carbonyl (C=O) groups is 4. The fourth-order valence-corrected chi connectivity index (χ4v) is 9.86. The average Bonchev–Trinajstić information content (AvgIpc) is 3.92. The predicted molar refractivity (Wildman–Crippen MR) is 208 cm³/mol. The molecule has 9 heteroatoms. The van der Waals surface area contributed by atoms with Gasteiger partial charge in [0.05, 0.1) is 20.5 Å². The molecule has 3 aromatic heterocycles. The number of rotatable bonds is 2. The molecule has 244 valence electrons. The number of thiazole rings is 2. The van der Waals surface area contributed by atoms with Crippen molar-refractivity contribution in [3.63, 3.8) is 0 Å². The largest absolute Gasteiger partial charge is 0.312 e. The molecule has 0 spiro atoms. The van der Waals surface area contributed by atoms with Crippen LogP contribution < -0.4 is 0 Å². The zero-order valence-electron chi connectivity index (χ0n) is 27.2. The summed E-state index contributed by atoms with van der Waals surface area (Å²) >= 11 is 2.75. The maximum Gasteiger partial charge on any atom is 0.197 e. The molecule has 0 saturated carbocycles. The highest BCUT2D eigenvalue weighted by atomic mass is 32.1. The zero-order chi connectivity index (χ0) is 35.0. The van der Waals surface area contributed by atoms with Gasteiger partial charge >= 0.3 is 0 Å². The number of aromatic nitrogens is 3. The Bertz CT molecular complexity index is 2910.